The van der Waals surface area contributed by atoms with Crippen molar-refractivity contribution in [3.8, 4) is 22.8 Å². The summed E-state index contributed by atoms with van der Waals surface area (Å²) in [5.41, 5.74) is 3.17. The van der Waals surface area contributed by atoms with Gasteiger partial charge in [-0.2, -0.15) is 0 Å². The van der Waals surface area contributed by atoms with Gasteiger partial charge in [0.1, 0.15) is 0 Å². The van der Waals surface area contributed by atoms with Crippen molar-refractivity contribution in [2.75, 3.05) is 50.7 Å². The van der Waals surface area contributed by atoms with Gasteiger partial charge >= 0.3 is 0 Å². The Hall–Kier alpha value is -3.65. The molecule has 1 fully saturated rings. The highest BCUT2D eigenvalue weighted by atomic mass is 16.5. The number of aromatic nitrogens is 2. The summed E-state index contributed by atoms with van der Waals surface area (Å²) in [6, 6.07) is 16.9. The van der Waals surface area contributed by atoms with Crippen molar-refractivity contribution < 1.29 is 19.0 Å². The normalized spacial score (nSPS) is 13.5. The third-order valence-corrected chi connectivity index (χ3v) is 5.24. The highest BCUT2D eigenvalue weighted by Crippen LogP contribution is 2.28. The molecule has 8 nitrogen and oxygen atoms in total. The van der Waals surface area contributed by atoms with E-state index >= 15 is 0 Å². The number of ether oxygens (including phenoxy) is 3. The van der Waals surface area contributed by atoms with Crippen molar-refractivity contribution in [1.29, 1.82) is 0 Å². The van der Waals surface area contributed by atoms with Crippen molar-refractivity contribution in [1.82, 2.24) is 10.2 Å². The maximum Gasteiger partial charge on any atom is 0.228 e. The average molecular weight is 434 g/mol. The Morgan fingerprint density at radius 3 is 2.53 bits per heavy atom. The van der Waals surface area contributed by atoms with Gasteiger partial charge in [-0.15, -0.1) is 10.2 Å². The topological polar surface area (TPSA) is 85.8 Å². The summed E-state index contributed by atoms with van der Waals surface area (Å²) in [6.45, 7) is 3.04. The molecule has 0 aliphatic carbocycles. The molecule has 166 valence electrons. The molecule has 0 radical (unpaired) electrons. The van der Waals surface area contributed by atoms with Crippen LogP contribution >= 0.6 is 0 Å². The Kier molecular flexibility index (Phi) is 6.81. The van der Waals surface area contributed by atoms with E-state index in [1.165, 1.54) is 0 Å². The van der Waals surface area contributed by atoms with E-state index in [4.69, 9.17) is 14.2 Å². The minimum absolute atomic E-state index is 0.122. The van der Waals surface area contributed by atoms with Crippen LogP contribution in [0.3, 0.4) is 0 Å². The van der Waals surface area contributed by atoms with E-state index in [1.54, 1.807) is 26.4 Å². The molecular weight excluding hydrogens is 408 g/mol. The molecule has 2 aromatic carbocycles. The lowest BCUT2D eigenvalue weighted by Crippen LogP contribution is -2.36. The molecule has 1 aliphatic heterocycles. The maximum atomic E-state index is 12.6. The first kappa shape index (κ1) is 21.6. The molecule has 1 saturated heterocycles. The second-order valence-corrected chi connectivity index (χ2v) is 7.37. The van der Waals surface area contributed by atoms with Crippen molar-refractivity contribution in [3.05, 3.63) is 60.2 Å². The minimum atomic E-state index is -0.122. The summed E-state index contributed by atoms with van der Waals surface area (Å²) < 4.78 is 15.9. The zero-order chi connectivity index (χ0) is 22.3. The number of nitrogens with zero attached hydrogens (tertiary/aromatic N) is 3. The molecule has 32 heavy (non-hydrogen) atoms. The van der Waals surface area contributed by atoms with Crippen LogP contribution in [-0.4, -0.2) is 56.6 Å². The van der Waals surface area contributed by atoms with Gasteiger partial charge in [0.2, 0.25) is 5.91 Å². The average Bonchev–Trinajstić information content (AvgIpc) is 2.84. The van der Waals surface area contributed by atoms with Crippen molar-refractivity contribution in [2.45, 2.75) is 6.42 Å². The van der Waals surface area contributed by atoms with Crippen molar-refractivity contribution in [2.24, 2.45) is 0 Å². The third-order valence-electron chi connectivity index (χ3n) is 5.24. The number of morpholine rings is 1. The van der Waals surface area contributed by atoms with Gasteiger partial charge in [-0.1, -0.05) is 18.2 Å². The number of rotatable bonds is 7. The van der Waals surface area contributed by atoms with Crippen LogP contribution in [0, 0.1) is 0 Å². The zero-order valence-electron chi connectivity index (χ0n) is 18.2. The number of anilines is 2. The van der Waals surface area contributed by atoms with Crippen LogP contribution < -0.4 is 19.7 Å². The van der Waals surface area contributed by atoms with Crippen LogP contribution in [0.15, 0.2) is 54.6 Å². The van der Waals surface area contributed by atoms with E-state index in [0.717, 1.165) is 35.7 Å². The molecule has 0 saturated carbocycles. The van der Waals surface area contributed by atoms with Gasteiger partial charge in [0, 0.05) is 24.3 Å². The van der Waals surface area contributed by atoms with E-state index in [1.807, 2.05) is 42.5 Å². The molecule has 1 aromatic heterocycles. The third kappa shape index (κ3) is 5.15. The number of amides is 1. The van der Waals surface area contributed by atoms with E-state index in [2.05, 4.69) is 20.4 Å². The number of methoxy groups -OCH3 is 2. The van der Waals surface area contributed by atoms with Gasteiger partial charge in [-0.05, 0) is 42.0 Å². The SMILES string of the molecule is COc1ccc(CC(=O)Nc2cccc(-c3ccc(N4CCOCC4)nn3)c2)cc1OC. The number of hydrogen-bond donors (Lipinski definition) is 1. The fraction of sp³-hybridized carbons (Fsp3) is 0.292. The smallest absolute Gasteiger partial charge is 0.228 e. The Morgan fingerprint density at radius 2 is 1.81 bits per heavy atom. The molecule has 0 atom stereocenters. The van der Waals surface area contributed by atoms with Crippen molar-refractivity contribution >= 4 is 17.4 Å². The summed E-state index contributed by atoms with van der Waals surface area (Å²) >= 11 is 0. The van der Waals surface area contributed by atoms with Crippen LogP contribution in [0.1, 0.15) is 5.56 Å². The molecular formula is C24H26N4O4. The van der Waals surface area contributed by atoms with Gasteiger partial charge in [0.05, 0.1) is 39.5 Å². The number of carbonyl (C=O) groups is 1. The first-order valence-corrected chi connectivity index (χ1v) is 10.4. The monoisotopic (exact) mass is 434 g/mol. The standard InChI is InChI=1S/C24H26N4O4/c1-30-21-8-6-17(14-22(21)31-2)15-24(29)25-19-5-3-4-18(16-19)20-7-9-23(27-26-20)28-10-12-32-13-11-28/h3-9,14,16H,10-13,15H2,1-2H3,(H,25,29). The number of hydrogen-bond acceptors (Lipinski definition) is 7. The Labute approximate surface area is 187 Å². The lowest BCUT2D eigenvalue weighted by atomic mass is 10.1. The Bertz CT molecular complexity index is 1070. The molecule has 4 rings (SSSR count). The molecule has 0 unspecified atom stereocenters. The first-order valence-electron chi connectivity index (χ1n) is 10.4. The molecule has 3 aromatic rings. The fourth-order valence-corrected chi connectivity index (χ4v) is 3.58. The summed E-state index contributed by atoms with van der Waals surface area (Å²) in [6.07, 6.45) is 0.221. The van der Waals surface area contributed by atoms with Gasteiger partial charge < -0.3 is 24.4 Å². The largest absolute Gasteiger partial charge is 0.493 e. The molecule has 0 bridgehead atoms. The first-order chi connectivity index (χ1) is 15.7. The molecule has 1 amide bonds. The number of nitrogens with one attached hydrogen (secondary N) is 1. The summed E-state index contributed by atoms with van der Waals surface area (Å²) in [4.78, 5) is 14.7. The summed E-state index contributed by atoms with van der Waals surface area (Å²) in [5.74, 6) is 1.95. The predicted octanol–water partition coefficient (Wildman–Crippen LogP) is 3.18. The zero-order valence-corrected chi connectivity index (χ0v) is 18.2. The lowest BCUT2D eigenvalue weighted by Gasteiger charge is -2.27. The maximum absolute atomic E-state index is 12.6. The highest BCUT2D eigenvalue weighted by molar-refractivity contribution is 5.93. The van der Waals surface area contributed by atoms with Gasteiger partial charge in [-0.3, -0.25) is 4.79 Å². The quantitative estimate of drug-likeness (QED) is 0.611. The van der Waals surface area contributed by atoms with E-state index < -0.39 is 0 Å². The van der Waals surface area contributed by atoms with E-state index in [0.29, 0.717) is 30.4 Å². The molecule has 8 heteroatoms. The molecule has 0 spiro atoms. The molecule has 1 N–H and O–H groups in total. The van der Waals surface area contributed by atoms with Gasteiger partial charge in [0.25, 0.3) is 0 Å². The summed E-state index contributed by atoms with van der Waals surface area (Å²) in [7, 11) is 3.15. The van der Waals surface area contributed by atoms with Gasteiger partial charge in [-0.25, -0.2) is 0 Å². The second-order valence-electron chi connectivity index (χ2n) is 7.37. The van der Waals surface area contributed by atoms with E-state index in [9.17, 15) is 4.79 Å². The van der Waals surface area contributed by atoms with Crippen LogP contribution in [0.5, 0.6) is 11.5 Å². The van der Waals surface area contributed by atoms with Gasteiger partial charge in [0.15, 0.2) is 17.3 Å². The molecule has 1 aliphatic rings. The Balaban J connectivity index is 1.42. The molecule has 2 heterocycles. The Morgan fingerprint density at radius 1 is 1.00 bits per heavy atom. The predicted molar refractivity (Wildman–Crippen MR) is 122 cm³/mol. The second kappa shape index (κ2) is 10.1. The minimum Gasteiger partial charge on any atom is -0.493 e. The van der Waals surface area contributed by atoms with Crippen LogP contribution in [0.25, 0.3) is 11.3 Å². The number of benzene rings is 2. The fourth-order valence-electron chi connectivity index (χ4n) is 3.58. The highest BCUT2D eigenvalue weighted by Gasteiger charge is 2.13. The van der Waals surface area contributed by atoms with Crippen LogP contribution in [0.2, 0.25) is 0 Å². The van der Waals surface area contributed by atoms with E-state index in [-0.39, 0.29) is 12.3 Å². The van der Waals surface area contributed by atoms with Crippen LogP contribution in [-0.2, 0) is 16.0 Å². The van der Waals surface area contributed by atoms with Crippen LogP contribution in [0.4, 0.5) is 11.5 Å². The van der Waals surface area contributed by atoms with Crippen molar-refractivity contribution in [3.63, 3.8) is 0 Å². The summed E-state index contributed by atoms with van der Waals surface area (Å²) in [5, 5.41) is 11.7. The lowest BCUT2D eigenvalue weighted by molar-refractivity contribution is -0.115. The number of carbonyl (C=O) groups excluding carboxylic acids is 1.